The highest BCUT2D eigenvalue weighted by molar-refractivity contribution is 8.79. The molecule has 6 heteroatoms. The van der Waals surface area contributed by atoms with Crippen molar-refractivity contribution in [3.05, 3.63) is 32.4 Å². The van der Waals surface area contributed by atoms with Crippen molar-refractivity contribution in [3.8, 4) is 0 Å². The van der Waals surface area contributed by atoms with Crippen LogP contribution in [0.15, 0.2) is 27.1 Å². The zero-order chi connectivity index (χ0) is 8.81. The third-order valence-electron chi connectivity index (χ3n) is 1.16. The summed E-state index contributed by atoms with van der Waals surface area (Å²) in [6.45, 7) is 0.465. The second-order valence-corrected chi connectivity index (χ2v) is 4.36. The fourth-order valence-corrected chi connectivity index (χ4v) is 2.52. The molecule has 0 spiro atoms. The fraction of sp³-hybridized carbons (Fsp3) is 0.333. The van der Waals surface area contributed by atoms with Crippen LogP contribution in [0.4, 0.5) is 0 Å². The van der Waals surface area contributed by atoms with Crippen molar-refractivity contribution in [3.63, 3.8) is 0 Å². The zero-order valence-electron chi connectivity index (χ0n) is 6.17. The molecule has 0 unspecified atom stereocenters. The van der Waals surface area contributed by atoms with E-state index in [9.17, 15) is 0 Å². The number of aliphatic hydroxyl groups is 1. The average Bonchev–Trinajstić information content (AvgIpc) is 2.15. The van der Waals surface area contributed by atoms with Gasteiger partial charge in [-0.3, -0.25) is 0 Å². The van der Waals surface area contributed by atoms with Gasteiger partial charge < -0.3 is 5.11 Å². The second kappa shape index (κ2) is 5.16. The van der Waals surface area contributed by atoms with Crippen LogP contribution in [-0.2, 0) is 0 Å². The molecular weight excluding hydrogens is 194 g/mol. The van der Waals surface area contributed by atoms with Gasteiger partial charge in [0.1, 0.15) is 0 Å². The van der Waals surface area contributed by atoms with Gasteiger partial charge in [-0.15, -0.1) is 0 Å². The van der Waals surface area contributed by atoms with E-state index in [4.69, 9.17) is 10.6 Å². The first-order valence-electron chi connectivity index (χ1n) is 3.23. The molecule has 0 aromatic carbocycles. The molecule has 1 aliphatic heterocycles. The molecule has 1 rings (SSSR count). The molecule has 0 aromatic rings. The summed E-state index contributed by atoms with van der Waals surface area (Å²) in [7, 11) is 3.02. The molecule has 0 fully saturated rings. The van der Waals surface area contributed by atoms with Crippen LogP contribution >= 0.6 is 21.6 Å². The predicted molar refractivity (Wildman–Crippen MR) is 52.4 cm³/mol. The van der Waals surface area contributed by atoms with Crippen LogP contribution in [0.5, 0.6) is 0 Å². The van der Waals surface area contributed by atoms with E-state index in [1.54, 1.807) is 0 Å². The van der Waals surface area contributed by atoms with Crippen LogP contribution in [0.2, 0.25) is 0 Å². The van der Waals surface area contributed by atoms with E-state index in [2.05, 4.69) is 10.0 Å². The van der Waals surface area contributed by atoms with Gasteiger partial charge in [-0.05, 0) is 11.6 Å². The maximum absolute atomic E-state index is 8.74. The summed E-state index contributed by atoms with van der Waals surface area (Å²) in [6.07, 6.45) is 3.70. The molecule has 0 saturated heterocycles. The smallest absolute Gasteiger partial charge is 0.0749 e. The Balaban J connectivity index is 2.53. The van der Waals surface area contributed by atoms with E-state index in [0.717, 1.165) is 9.81 Å². The lowest BCUT2D eigenvalue weighted by atomic mass is 10.4. The molecule has 4 nitrogen and oxygen atoms in total. The van der Waals surface area contributed by atoms with Gasteiger partial charge in [0.25, 0.3) is 0 Å². The molecule has 1 N–H and O–H groups in total. The van der Waals surface area contributed by atoms with Gasteiger partial charge in [-0.1, -0.05) is 32.8 Å². The normalized spacial score (nSPS) is 16.1. The van der Waals surface area contributed by atoms with Crippen molar-refractivity contribution in [2.45, 2.75) is 0 Å². The Morgan fingerprint density at radius 1 is 1.42 bits per heavy atom. The number of nitrogens with zero attached hydrogens (tertiary/aromatic N) is 3. The minimum atomic E-state index is 0.0724. The summed E-state index contributed by atoms with van der Waals surface area (Å²) < 4.78 is 0. The Kier molecular flexibility index (Phi) is 4.10. The van der Waals surface area contributed by atoms with Crippen molar-refractivity contribution in [1.29, 1.82) is 0 Å². The third-order valence-corrected chi connectivity index (χ3v) is 3.73. The number of aliphatic hydroxyl groups excluding tert-OH is 1. The van der Waals surface area contributed by atoms with Crippen molar-refractivity contribution >= 4 is 21.6 Å². The monoisotopic (exact) mass is 201 g/mol. The lowest BCUT2D eigenvalue weighted by Crippen LogP contribution is -1.89. The maximum atomic E-state index is 8.74. The van der Waals surface area contributed by atoms with E-state index in [1.165, 1.54) is 21.6 Å². The highest BCUT2D eigenvalue weighted by atomic mass is 33.1. The average molecular weight is 201 g/mol. The molecule has 12 heavy (non-hydrogen) atoms. The largest absolute Gasteiger partial charge is 0.391 e. The summed E-state index contributed by atoms with van der Waals surface area (Å²) in [6, 6.07) is 0. The predicted octanol–water partition coefficient (Wildman–Crippen LogP) is 2.45. The molecule has 64 valence electrons. The molecule has 0 bridgehead atoms. The van der Waals surface area contributed by atoms with Crippen LogP contribution in [0, 0.1) is 0 Å². The highest BCUT2D eigenvalue weighted by Crippen LogP contribution is 2.39. The van der Waals surface area contributed by atoms with Crippen LogP contribution < -0.4 is 0 Å². The Bertz CT molecular complexity index is 268. The van der Waals surface area contributed by atoms with Crippen molar-refractivity contribution in [2.24, 2.45) is 5.11 Å². The first-order valence-corrected chi connectivity index (χ1v) is 5.37. The van der Waals surface area contributed by atoms with E-state index in [0.29, 0.717) is 6.54 Å². The Morgan fingerprint density at radius 2 is 2.08 bits per heavy atom. The summed E-state index contributed by atoms with van der Waals surface area (Å²) in [5.41, 5.74) is 8.05. The van der Waals surface area contributed by atoms with Crippen LogP contribution in [0.25, 0.3) is 10.4 Å². The van der Waals surface area contributed by atoms with Crippen molar-refractivity contribution < 1.29 is 5.11 Å². The Labute approximate surface area is 77.8 Å². The first kappa shape index (κ1) is 9.54. The SMILES string of the molecule is [N-]=[N+]=NCC1=CC=C(CO)SS1. The third kappa shape index (κ3) is 2.83. The summed E-state index contributed by atoms with van der Waals surface area (Å²) in [4.78, 5) is 4.59. The molecule has 0 saturated carbocycles. The number of azide groups is 1. The van der Waals surface area contributed by atoms with Crippen LogP contribution in [0.1, 0.15) is 0 Å². The van der Waals surface area contributed by atoms with Gasteiger partial charge in [-0.2, -0.15) is 0 Å². The molecule has 0 aromatic heterocycles. The minimum Gasteiger partial charge on any atom is -0.391 e. The lowest BCUT2D eigenvalue weighted by molar-refractivity contribution is 0.339. The maximum Gasteiger partial charge on any atom is 0.0749 e. The van der Waals surface area contributed by atoms with Crippen molar-refractivity contribution in [1.82, 2.24) is 0 Å². The van der Waals surface area contributed by atoms with E-state index < -0.39 is 0 Å². The quantitative estimate of drug-likeness (QED) is 0.330. The first-order chi connectivity index (χ1) is 5.86. The molecular formula is C6H7N3OS2. The number of allylic oxidation sites excluding steroid dienone is 2. The minimum absolute atomic E-state index is 0.0724. The van der Waals surface area contributed by atoms with Gasteiger partial charge in [0.2, 0.25) is 0 Å². The van der Waals surface area contributed by atoms with Crippen molar-refractivity contribution in [2.75, 3.05) is 13.2 Å². The van der Waals surface area contributed by atoms with Crippen LogP contribution in [0.3, 0.4) is 0 Å². The molecule has 1 aliphatic rings. The van der Waals surface area contributed by atoms with E-state index >= 15 is 0 Å². The van der Waals surface area contributed by atoms with Gasteiger partial charge in [0.05, 0.1) is 13.2 Å². The molecule has 0 radical (unpaired) electrons. The lowest BCUT2D eigenvalue weighted by Gasteiger charge is -2.08. The topological polar surface area (TPSA) is 69.0 Å². The number of hydrogen-bond acceptors (Lipinski definition) is 4. The molecule has 1 heterocycles. The Morgan fingerprint density at radius 3 is 2.58 bits per heavy atom. The summed E-state index contributed by atoms with van der Waals surface area (Å²) in [5, 5.41) is 12.2. The number of rotatable bonds is 3. The van der Waals surface area contributed by atoms with Crippen LogP contribution in [-0.4, -0.2) is 18.3 Å². The molecule has 0 aliphatic carbocycles. The van der Waals surface area contributed by atoms with Gasteiger partial charge in [0, 0.05) is 14.7 Å². The van der Waals surface area contributed by atoms with Gasteiger partial charge in [-0.25, -0.2) is 0 Å². The van der Waals surface area contributed by atoms with Gasteiger partial charge in [0.15, 0.2) is 0 Å². The summed E-state index contributed by atoms with van der Waals surface area (Å²) in [5.74, 6) is 0. The highest BCUT2D eigenvalue weighted by Gasteiger charge is 2.05. The van der Waals surface area contributed by atoms with E-state index in [1.807, 2.05) is 12.2 Å². The summed E-state index contributed by atoms with van der Waals surface area (Å²) >= 11 is 0. The standard InChI is InChI=1S/C6H7N3OS2/c7-9-8-3-5-1-2-6(4-10)12-11-5/h1-2,10H,3-4H2. The second-order valence-electron chi connectivity index (χ2n) is 1.98. The molecule has 0 atom stereocenters. The van der Waals surface area contributed by atoms with Gasteiger partial charge >= 0.3 is 0 Å². The van der Waals surface area contributed by atoms with E-state index in [-0.39, 0.29) is 6.61 Å². The fourth-order valence-electron chi connectivity index (χ4n) is 0.608. The zero-order valence-corrected chi connectivity index (χ0v) is 7.81. The number of hydrogen-bond donors (Lipinski definition) is 1. The molecule has 0 amide bonds. The Hall–Kier alpha value is -0.550.